The highest BCUT2D eigenvalue weighted by atomic mass is 35.5. The van der Waals surface area contributed by atoms with Crippen LogP contribution >= 0.6 is 23.2 Å². The first kappa shape index (κ1) is 15.6. The summed E-state index contributed by atoms with van der Waals surface area (Å²) in [6, 6.07) is 3.73. The average Bonchev–Trinajstić information content (AvgIpc) is 2.63. The topological polar surface area (TPSA) is 78.5 Å². The first-order valence-corrected chi connectivity index (χ1v) is 6.96. The van der Waals surface area contributed by atoms with Gasteiger partial charge in [0.25, 0.3) is 5.91 Å². The van der Waals surface area contributed by atoms with Gasteiger partial charge in [0.1, 0.15) is 0 Å². The van der Waals surface area contributed by atoms with E-state index in [2.05, 4.69) is 10.6 Å². The molecule has 1 saturated heterocycles. The molecular formula is C13H13Cl2N3O3. The minimum absolute atomic E-state index is 0.247. The Morgan fingerprint density at radius 2 is 1.81 bits per heavy atom. The van der Waals surface area contributed by atoms with Crippen molar-refractivity contribution in [1.82, 2.24) is 10.6 Å². The lowest BCUT2D eigenvalue weighted by molar-refractivity contribution is -0.128. The van der Waals surface area contributed by atoms with Crippen LogP contribution in [0.15, 0.2) is 18.2 Å². The third kappa shape index (κ3) is 3.28. The second kappa shape index (κ2) is 5.91. The Kier molecular flexibility index (Phi) is 4.39. The zero-order valence-corrected chi connectivity index (χ0v) is 12.8. The zero-order valence-electron chi connectivity index (χ0n) is 11.3. The maximum absolute atomic E-state index is 12.2. The summed E-state index contributed by atoms with van der Waals surface area (Å²) >= 11 is 11.7. The number of nitrogens with one attached hydrogen (secondary N) is 2. The minimum atomic E-state index is -1.09. The molecule has 4 amide bonds. The molecule has 0 bridgehead atoms. The molecular weight excluding hydrogens is 317 g/mol. The molecule has 0 radical (unpaired) electrons. The predicted octanol–water partition coefficient (Wildman–Crippen LogP) is 2.15. The van der Waals surface area contributed by atoms with Crippen LogP contribution in [0.25, 0.3) is 0 Å². The Labute approximate surface area is 131 Å². The smallest absolute Gasteiger partial charge is 0.328 e. The lowest BCUT2D eigenvalue weighted by atomic mass is 10.2. The van der Waals surface area contributed by atoms with Gasteiger partial charge in [0.15, 0.2) is 6.17 Å². The molecule has 2 N–H and O–H groups in total. The molecule has 0 aliphatic carbocycles. The maximum Gasteiger partial charge on any atom is 0.330 e. The highest BCUT2D eigenvalue weighted by Gasteiger charge is 2.40. The van der Waals surface area contributed by atoms with Crippen LogP contribution in [-0.2, 0) is 9.59 Å². The molecule has 112 valence electrons. The number of carbonyl (C=O) groups is 3. The van der Waals surface area contributed by atoms with Crippen LogP contribution in [-0.4, -0.2) is 24.0 Å². The third-order valence-electron chi connectivity index (χ3n) is 2.85. The fourth-order valence-electron chi connectivity index (χ4n) is 1.80. The fraction of sp³-hybridized carbons (Fsp3) is 0.308. The normalized spacial score (nSPS) is 18.1. The van der Waals surface area contributed by atoms with Gasteiger partial charge in [0, 0.05) is 16.0 Å². The van der Waals surface area contributed by atoms with E-state index in [4.69, 9.17) is 23.2 Å². The highest BCUT2D eigenvalue weighted by molar-refractivity contribution is 6.35. The van der Waals surface area contributed by atoms with E-state index in [1.165, 1.54) is 18.2 Å². The van der Waals surface area contributed by atoms with Gasteiger partial charge in [-0.25, -0.2) is 9.69 Å². The van der Waals surface area contributed by atoms with Crippen molar-refractivity contribution in [3.63, 3.8) is 0 Å². The molecule has 1 atom stereocenters. The summed E-state index contributed by atoms with van der Waals surface area (Å²) in [5.41, 5.74) is 0.247. The lowest BCUT2D eigenvalue weighted by Crippen LogP contribution is -2.48. The van der Waals surface area contributed by atoms with E-state index >= 15 is 0 Å². The molecule has 1 aromatic rings. The van der Waals surface area contributed by atoms with Crippen molar-refractivity contribution in [2.75, 3.05) is 4.90 Å². The number of imide groups is 1. The first-order chi connectivity index (χ1) is 9.79. The Morgan fingerprint density at radius 3 is 2.33 bits per heavy atom. The van der Waals surface area contributed by atoms with Gasteiger partial charge in [0.2, 0.25) is 5.91 Å². The van der Waals surface area contributed by atoms with Crippen molar-refractivity contribution in [1.29, 1.82) is 0 Å². The van der Waals surface area contributed by atoms with Crippen LogP contribution < -0.4 is 15.5 Å². The van der Waals surface area contributed by atoms with Crippen molar-refractivity contribution in [3.8, 4) is 0 Å². The van der Waals surface area contributed by atoms with Gasteiger partial charge in [-0.3, -0.25) is 9.59 Å². The van der Waals surface area contributed by atoms with Gasteiger partial charge in [-0.1, -0.05) is 37.0 Å². The van der Waals surface area contributed by atoms with Crippen LogP contribution in [0.3, 0.4) is 0 Å². The van der Waals surface area contributed by atoms with E-state index in [0.717, 1.165) is 4.90 Å². The Balaban J connectivity index is 2.24. The molecule has 1 aliphatic heterocycles. The number of anilines is 1. The van der Waals surface area contributed by atoms with Crippen molar-refractivity contribution in [3.05, 3.63) is 28.2 Å². The third-order valence-corrected chi connectivity index (χ3v) is 3.29. The summed E-state index contributed by atoms with van der Waals surface area (Å²) in [5, 5.41) is 5.45. The van der Waals surface area contributed by atoms with Crippen LogP contribution in [0, 0.1) is 5.92 Å². The van der Waals surface area contributed by atoms with Crippen LogP contribution in [0.4, 0.5) is 10.5 Å². The van der Waals surface area contributed by atoms with Gasteiger partial charge < -0.3 is 10.6 Å². The quantitative estimate of drug-likeness (QED) is 0.834. The molecule has 2 rings (SSSR count). The first-order valence-electron chi connectivity index (χ1n) is 6.20. The number of nitrogens with zero attached hydrogens (tertiary/aromatic N) is 1. The number of amides is 4. The fourth-order valence-corrected chi connectivity index (χ4v) is 2.31. The molecule has 0 aromatic heterocycles. The standard InChI is InChI=1S/C13H13Cl2N3O3/c1-6(2)11(19)16-10-12(20)18(13(21)17-10)9-4-7(14)3-8(15)5-9/h3-6,10H,1-2H3,(H,16,19)(H,17,21). The number of carbonyl (C=O) groups excluding carboxylic acids is 3. The van der Waals surface area contributed by atoms with E-state index in [1.807, 2.05) is 0 Å². The van der Waals surface area contributed by atoms with Gasteiger partial charge in [-0.2, -0.15) is 0 Å². The van der Waals surface area contributed by atoms with E-state index in [0.29, 0.717) is 10.0 Å². The molecule has 6 nitrogen and oxygen atoms in total. The summed E-state index contributed by atoms with van der Waals surface area (Å²) in [5.74, 6) is -1.23. The zero-order chi connectivity index (χ0) is 15.7. The lowest BCUT2D eigenvalue weighted by Gasteiger charge is -2.15. The SMILES string of the molecule is CC(C)C(=O)NC1NC(=O)N(c2cc(Cl)cc(Cl)c2)C1=O. The van der Waals surface area contributed by atoms with Gasteiger partial charge in [0.05, 0.1) is 5.69 Å². The number of urea groups is 1. The van der Waals surface area contributed by atoms with Crippen molar-refractivity contribution in [2.24, 2.45) is 5.92 Å². The van der Waals surface area contributed by atoms with Crippen molar-refractivity contribution >= 4 is 46.7 Å². The van der Waals surface area contributed by atoms with Gasteiger partial charge in [-0.05, 0) is 18.2 Å². The van der Waals surface area contributed by atoms with E-state index in [1.54, 1.807) is 13.8 Å². The maximum atomic E-state index is 12.2. The monoisotopic (exact) mass is 329 g/mol. The Bertz CT molecular complexity index is 598. The number of benzene rings is 1. The number of halogens is 2. The largest absolute Gasteiger partial charge is 0.330 e. The Morgan fingerprint density at radius 1 is 1.24 bits per heavy atom. The minimum Gasteiger partial charge on any atom is -0.328 e. The van der Waals surface area contributed by atoms with E-state index in [-0.39, 0.29) is 17.5 Å². The summed E-state index contributed by atoms with van der Waals surface area (Å²) < 4.78 is 0. The molecule has 1 unspecified atom stereocenters. The number of rotatable bonds is 3. The predicted molar refractivity (Wildman–Crippen MR) is 79.2 cm³/mol. The van der Waals surface area contributed by atoms with Crippen molar-refractivity contribution < 1.29 is 14.4 Å². The van der Waals surface area contributed by atoms with Gasteiger partial charge >= 0.3 is 6.03 Å². The summed E-state index contributed by atoms with van der Waals surface area (Å²) in [4.78, 5) is 36.7. The van der Waals surface area contributed by atoms with Gasteiger partial charge in [-0.15, -0.1) is 0 Å². The van der Waals surface area contributed by atoms with Crippen LogP contribution in [0.1, 0.15) is 13.8 Å². The number of hydrogen-bond donors (Lipinski definition) is 2. The molecule has 1 aliphatic rings. The summed E-state index contributed by atoms with van der Waals surface area (Å²) in [6.07, 6.45) is -1.09. The van der Waals surface area contributed by atoms with E-state index < -0.39 is 18.1 Å². The van der Waals surface area contributed by atoms with Crippen LogP contribution in [0.5, 0.6) is 0 Å². The molecule has 1 heterocycles. The Hall–Kier alpha value is -1.79. The molecule has 21 heavy (non-hydrogen) atoms. The van der Waals surface area contributed by atoms with E-state index in [9.17, 15) is 14.4 Å². The van der Waals surface area contributed by atoms with Crippen LogP contribution in [0.2, 0.25) is 10.0 Å². The second-order valence-electron chi connectivity index (χ2n) is 4.85. The second-order valence-corrected chi connectivity index (χ2v) is 5.72. The average molecular weight is 330 g/mol. The molecule has 1 fully saturated rings. The highest BCUT2D eigenvalue weighted by Crippen LogP contribution is 2.27. The summed E-state index contributed by atoms with van der Waals surface area (Å²) in [7, 11) is 0. The molecule has 0 spiro atoms. The van der Waals surface area contributed by atoms with Crippen molar-refractivity contribution in [2.45, 2.75) is 20.0 Å². The molecule has 1 aromatic carbocycles. The number of hydrogen-bond acceptors (Lipinski definition) is 3. The molecule has 8 heteroatoms. The molecule has 0 saturated carbocycles. The summed E-state index contributed by atoms with van der Waals surface area (Å²) in [6.45, 7) is 3.37.